The monoisotopic (exact) mass is 295 g/mol. The lowest BCUT2D eigenvalue weighted by Crippen LogP contribution is -2.38. The van der Waals surface area contributed by atoms with Crippen molar-refractivity contribution in [1.82, 2.24) is 25.2 Å². The van der Waals surface area contributed by atoms with E-state index >= 15 is 0 Å². The molecule has 120 valence electrons. The Morgan fingerprint density at radius 3 is 3.05 bits per heavy atom. The number of nitrogens with zero attached hydrogens (tertiary/aromatic N) is 4. The maximum absolute atomic E-state index is 8.78. The molecule has 0 amide bonds. The number of piperidine rings is 1. The molecular formula is C15H29N5O. The minimum absolute atomic E-state index is 0.197. The largest absolute Gasteiger partial charge is 0.396 e. The number of hydrogen-bond acceptors (Lipinski definition) is 5. The Bertz CT molecular complexity index is 395. The van der Waals surface area contributed by atoms with Crippen LogP contribution >= 0.6 is 0 Å². The maximum atomic E-state index is 8.78. The Balaban J connectivity index is 1.56. The summed E-state index contributed by atoms with van der Waals surface area (Å²) in [5.41, 5.74) is 0.972. The van der Waals surface area contributed by atoms with Gasteiger partial charge in [-0.15, -0.1) is 5.10 Å². The quantitative estimate of drug-likeness (QED) is 0.666. The first kappa shape index (κ1) is 16.4. The first-order valence-corrected chi connectivity index (χ1v) is 8.24. The van der Waals surface area contributed by atoms with E-state index in [9.17, 15) is 0 Å². The molecule has 1 aliphatic rings. The molecule has 2 heterocycles. The zero-order chi connectivity index (χ0) is 14.9. The number of aliphatic hydroxyl groups excluding tert-OH is 1. The van der Waals surface area contributed by atoms with Crippen LogP contribution < -0.4 is 5.32 Å². The maximum Gasteiger partial charge on any atom is 0.0964 e. The summed E-state index contributed by atoms with van der Waals surface area (Å²) >= 11 is 0. The average molecular weight is 295 g/mol. The summed E-state index contributed by atoms with van der Waals surface area (Å²) in [5.74, 6) is 0. The van der Waals surface area contributed by atoms with E-state index in [2.05, 4.69) is 27.5 Å². The molecule has 0 aromatic carbocycles. The number of aromatic nitrogens is 3. The van der Waals surface area contributed by atoms with Crippen LogP contribution in [0.15, 0.2) is 6.20 Å². The normalized spacial score (nSPS) is 20.0. The van der Waals surface area contributed by atoms with Gasteiger partial charge in [0.25, 0.3) is 0 Å². The van der Waals surface area contributed by atoms with Crippen molar-refractivity contribution in [3.05, 3.63) is 11.9 Å². The van der Waals surface area contributed by atoms with Crippen LogP contribution in [0.25, 0.3) is 0 Å². The van der Waals surface area contributed by atoms with Gasteiger partial charge in [0.2, 0.25) is 0 Å². The van der Waals surface area contributed by atoms with Gasteiger partial charge in [-0.25, -0.2) is 0 Å². The van der Waals surface area contributed by atoms with Gasteiger partial charge in [0.1, 0.15) is 0 Å². The lowest BCUT2D eigenvalue weighted by Gasteiger charge is -2.33. The van der Waals surface area contributed by atoms with Crippen molar-refractivity contribution in [2.24, 2.45) is 0 Å². The molecule has 0 saturated carbocycles. The van der Waals surface area contributed by atoms with Gasteiger partial charge in [0.15, 0.2) is 0 Å². The van der Waals surface area contributed by atoms with Crippen molar-refractivity contribution in [1.29, 1.82) is 0 Å². The number of rotatable bonds is 9. The summed E-state index contributed by atoms with van der Waals surface area (Å²) < 4.78 is 1.79. The molecule has 1 aliphatic heterocycles. The van der Waals surface area contributed by atoms with Gasteiger partial charge in [-0.1, -0.05) is 11.6 Å². The third-order valence-electron chi connectivity index (χ3n) is 4.18. The molecule has 1 atom stereocenters. The van der Waals surface area contributed by atoms with Gasteiger partial charge in [0.05, 0.1) is 5.69 Å². The van der Waals surface area contributed by atoms with Crippen LogP contribution in [0.5, 0.6) is 0 Å². The summed E-state index contributed by atoms with van der Waals surface area (Å²) in [6.07, 6.45) is 7.96. The molecule has 1 fully saturated rings. The first-order valence-electron chi connectivity index (χ1n) is 8.24. The highest BCUT2D eigenvalue weighted by Crippen LogP contribution is 2.15. The molecule has 1 saturated heterocycles. The Hall–Kier alpha value is -0.980. The van der Waals surface area contributed by atoms with Crippen molar-refractivity contribution < 1.29 is 5.11 Å². The second-order valence-electron chi connectivity index (χ2n) is 5.96. The molecule has 1 aromatic heterocycles. The zero-order valence-electron chi connectivity index (χ0n) is 13.2. The summed E-state index contributed by atoms with van der Waals surface area (Å²) in [7, 11) is 0. The molecule has 21 heavy (non-hydrogen) atoms. The summed E-state index contributed by atoms with van der Waals surface area (Å²) in [4.78, 5) is 2.61. The zero-order valence-corrected chi connectivity index (χ0v) is 13.2. The molecule has 2 rings (SSSR count). The van der Waals surface area contributed by atoms with E-state index in [0.717, 1.165) is 37.8 Å². The third kappa shape index (κ3) is 5.73. The fourth-order valence-corrected chi connectivity index (χ4v) is 2.87. The molecule has 0 bridgehead atoms. The minimum atomic E-state index is 0.197. The molecule has 0 radical (unpaired) electrons. The average Bonchev–Trinajstić information content (AvgIpc) is 2.94. The Labute approximate surface area is 127 Å². The van der Waals surface area contributed by atoms with Crippen LogP contribution in [0, 0.1) is 0 Å². The Kier molecular flexibility index (Phi) is 7.12. The second kappa shape index (κ2) is 9.12. The van der Waals surface area contributed by atoms with E-state index in [4.69, 9.17) is 5.11 Å². The Morgan fingerprint density at radius 1 is 1.33 bits per heavy atom. The minimum Gasteiger partial charge on any atom is -0.396 e. The molecule has 2 N–H and O–H groups in total. The van der Waals surface area contributed by atoms with Crippen LogP contribution in [0.2, 0.25) is 0 Å². The number of aliphatic hydroxyl groups is 1. The second-order valence-corrected chi connectivity index (χ2v) is 5.96. The van der Waals surface area contributed by atoms with Gasteiger partial charge >= 0.3 is 0 Å². The number of hydrogen-bond donors (Lipinski definition) is 2. The van der Waals surface area contributed by atoms with Gasteiger partial charge in [-0.2, -0.15) is 0 Å². The fraction of sp³-hybridized carbons (Fsp3) is 0.867. The van der Waals surface area contributed by atoms with E-state index in [1.165, 1.54) is 38.8 Å². The van der Waals surface area contributed by atoms with Crippen LogP contribution in [-0.4, -0.2) is 57.3 Å². The smallest absolute Gasteiger partial charge is 0.0964 e. The molecule has 0 aliphatic carbocycles. The third-order valence-corrected chi connectivity index (χ3v) is 4.18. The van der Waals surface area contributed by atoms with Crippen molar-refractivity contribution in [2.45, 2.75) is 58.2 Å². The molecule has 1 aromatic rings. The standard InChI is InChI=1S/C15H29N5O/c1-14-6-2-3-8-19(14)9-4-7-16-12-15-13-20(18-17-15)10-5-11-21/h13-14,16,21H,2-12H2,1H3. The molecule has 6 nitrogen and oxygen atoms in total. The van der Waals surface area contributed by atoms with Crippen molar-refractivity contribution >= 4 is 0 Å². The highest BCUT2D eigenvalue weighted by molar-refractivity contribution is 4.91. The number of likely N-dealkylation sites (tertiary alicyclic amines) is 1. The molecule has 0 spiro atoms. The van der Waals surface area contributed by atoms with Crippen LogP contribution in [-0.2, 0) is 13.1 Å². The highest BCUT2D eigenvalue weighted by atomic mass is 16.3. The molecule has 1 unspecified atom stereocenters. The van der Waals surface area contributed by atoms with Crippen molar-refractivity contribution in [2.75, 3.05) is 26.2 Å². The van der Waals surface area contributed by atoms with E-state index in [1.807, 2.05) is 6.20 Å². The molecular weight excluding hydrogens is 266 g/mol. The molecule has 6 heteroatoms. The summed E-state index contributed by atoms with van der Waals surface area (Å²) in [6.45, 7) is 7.52. The van der Waals surface area contributed by atoms with Crippen molar-refractivity contribution in [3.63, 3.8) is 0 Å². The van der Waals surface area contributed by atoms with Gasteiger partial charge < -0.3 is 15.3 Å². The van der Waals surface area contributed by atoms with E-state index in [0.29, 0.717) is 0 Å². The lowest BCUT2D eigenvalue weighted by atomic mass is 10.0. The van der Waals surface area contributed by atoms with Gasteiger partial charge in [-0.3, -0.25) is 4.68 Å². The fourth-order valence-electron chi connectivity index (χ4n) is 2.87. The Morgan fingerprint density at radius 2 is 2.24 bits per heavy atom. The van der Waals surface area contributed by atoms with Crippen LogP contribution in [0.4, 0.5) is 0 Å². The number of aryl methyl sites for hydroxylation is 1. The SMILES string of the molecule is CC1CCCCN1CCCNCc1cn(CCCO)nn1. The van der Waals surface area contributed by atoms with Crippen molar-refractivity contribution in [3.8, 4) is 0 Å². The summed E-state index contributed by atoms with van der Waals surface area (Å²) in [6, 6.07) is 0.755. The predicted molar refractivity (Wildman–Crippen MR) is 82.9 cm³/mol. The predicted octanol–water partition coefficient (Wildman–Crippen LogP) is 1.01. The van der Waals surface area contributed by atoms with E-state index in [1.54, 1.807) is 4.68 Å². The lowest BCUT2D eigenvalue weighted by molar-refractivity contribution is 0.159. The topological polar surface area (TPSA) is 66.2 Å². The van der Waals surface area contributed by atoms with Gasteiger partial charge in [-0.05, 0) is 52.2 Å². The van der Waals surface area contributed by atoms with E-state index in [-0.39, 0.29) is 6.61 Å². The number of nitrogens with one attached hydrogen (secondary N) is 1. The highest BCUT2D eigenvalue weighted by Gasteiger charge is 2.16. The van der Waals surface area contributed by atoms with Crippen LogP contribution in [0.3, 0.4) is 0 Å². The van der Waals surface area contributed by atoms with Crippen LogP contribution in [0.1, 0.15) is 44.7 Å². The first-order chi connectivity index (χ1) is 10.3. The van der Waals surface area contributed by atoms with E-state index < -0.39 is 0 Å². The van der Waals surface area contributed by atoms with Gasteiger partial charge in [0, 0.05) is 31.9 Å². The summed E-state index contributed by atoms with van der Waals surface area (Å²) in [5, 5.41) is 20.4.